The van der Waals surface area contributed by atoms with E-state index in [1.165, 1.54) is 0 Å². The second-order valence-electron chi connectivity index (χ2n) is 4.84. The molecule has 0 N–H and O–H groups in total. The lowest BCUT2D eigenvalue weighted by molar-refractivity contribution is -0.274. The molecule has 2 aromatic carbocycles. The lowest BCUT2D eigenvalue weighted by atomic mass is 10.1. The van der Waals surface area contributed by atoms with Gasteiger partial charge in [0.1, 0.15) is 11.5 Å². The van der Waals surface area contributed by atoms with Crippen molar-refractivity contribution in [1.29, 1.82) is 0 Å². The Labute approximate surface area is 156 Å². The van der Waals surface area contributed by atoms with Crippen LogP contribution in [0.3, 0.4) is 0 Å². The minimum atomic E-state index is -5.08. The van der Waals surface area contributed by atoms with Gasteiger partial charge in [-0.2, -0.15) is 13.2 Å². The predicted molar refractivity (Wildman–Crippen MR) is 79.8 cm³/mol. The molecule has 0 radical (unpaired) electrons. The van der Waals surface area contributed by atoms with Crippen molar-refractivity contribution in [2.24, 2.45) is 0 Å². The van der Waals surface area contributed by atoms with Gasteiger partial charge in [0.2, 0.25) is 0 Å². The largest absolute Gasteiger partial charge is 0.573 e. The Kier molecular flexibility index (Phi) is 5.81. The highest BCUT2D eigenvalue weighted by Crippen LogP contribution is 2.41. The van der Waals surface area contributed by atoms with E-state index in [-0.39, 0.29) is 0 Å². The molecule has 0 bridgehead atoms. The van der Waals surface area contributed by atoms with Crippen LogP contribution in [0.15, 0.2) is 30.3 Å². The van der Waals surface area contributed by atoms with E-state index >= 15 is 0 Å². The molecule has 2 rings (SSSR count). The average Bonchev–Trinajstić information content (AvgIpc) is 2.48. The average molecular weight is 437 g/mol. The fraction of sp³-hybridized carbons (Fsp3) is 0.133. The van der Waals surface area contributed by atoms with Crippen molar-refractivity contribution in [2.45, 2.75) is 12.5 Å². The molecular weight excluding hydrogens is 432 g/mol. The summed E-state index contributed by atoms with van der Waals surface area (Å²) in [6.07, 6.45) is -10.0. The molecule has 0 heterocycles. The molecule has 0 aliphatic carbocycles. The van der Waals surface area contributed by atoms with Gasteiger partial charge in [-0.05, 0) is 35.9 Å². The summed E-state index contributed by atoms with van der Waals surface area (Å²) in [5.74, 6) is -3.89. The summed E-state index contributed by atoms with van der Waals surface area (Å²) in [5.41, 5.74) is -2.00. The van der Waals surface area contributed by atoms with Gasteiger partial charge < -0.3 is 9.47 Å². The van der Waals surface area contributed by atoms with Crippen LogP contribution in [0.1, 0.15) is 15.9 Å². The van der Waals surface area contributed by atoms with Gasteiger partial charge in [-0.3, -0.25) is 4.79 Å². The lowest BCUT2D eigenvalue weighted by Crippen LogP contribution is -2.17. The normalized spacial score (nSPS) is 12.0. The first-order valence-corrected chi connectivity index (χ1v) is 7.37. The number of ether oxygens (including phenoxy) is 2. The summed E-state index contributed by atoms with van der Waals surface area (Å²) >= 11 is 10.7. The zero-order chi connectivity index (χ0) is 20.6. The molecule has 0 fully saturated rings. The number of hydrogen-bond donors (Lipinski definition) is 0. The van der Waals surface area contributed by atoms with Crippen LogP contribution in [0.25, 0.3) is 0 Å². The van der Waals surface area contributed by atoms with E-state index in [9.17, 15) is 35.5 Å². The van der Waals surface area contributed by atoms with Crippen molar-refractivity contribution >= 4 is 28.4 Å². The van der Waals surface area contributed by atoms with E-state index in [0.29, 0.717) is 30.3 Å². The number of alkyl halides is 6. The van der Waals surface area contributed by atoms with Crippen molar-refractivity contribution in [1.82, 2.24) is 0 Å². The van der Waals surface area contributed by atoms with Crippen LogP contribution in [-0.2, 0) is 6.18 Å². The van der Waals surface area contributed by atoms with Crippen LogP contribution >= 0.6 is 23.2 Å². The number of benzene rings is 2. The van der Waals surface area contributed by atoms with Crippen molar-refractivity contribution < 1.29 is 45.0 Å². The predicted octanol–water partition coefficient (Wildman–Crippen LogP) is 6.57. The number of halogens is 9. The van der Waals surface area contributed by atoms with Crippen LogP contribution in [0.4, 0.5) is 30.7 Å². The number of carbonyl (C=O) groups is 1. The van der Waals surface area contributed by atoms with Gasteiger partial charge in [0.05, 0.1) is 16.1 Å². The van der Waals surface area contributed by atoms with Crippen LogP contribution in [0.5, 0.6) is 17.2 Å². The Morgan fingerprint density at radius 2 is 1.59 bits per heavy atom. The van der Waals surface area contributed by atoms with E-state index in [4.69, 9.17) is 27.9 Å². The molecule has 0 aromatic heterocycles. The summed E-state index contributed by atoms with van der Waals surface area (Å²) in [6.45, 7) is 0. The Morgan fingerprint density at radius 3 is 2.07 bits per heavy atom. The monoisotopic (exact) mass is 436 g/mol. The quantitative estimate of drug-likeness (QED) is 0.401. The molecule has 0 aliphatic heterocycles. The summed E-state index contributed by atoms with van der Waals surface area (Å²) in [5, 5.41) is -2.11. The Bertz CT molecular complexity index is 879. The zero-order valence-corrected chi connectivity index (χ0v) is 14.0. The molecule has 2 aromatic rings. The first kappa shape index (κ1) is 21.1. The minimum absolute atomic E-state index is 0.297. The highest BCUT2D eigenvalue weighted by Gasteiger charge is 2.35. The molecule has 27 heavy (non-hydrogen) atoms. The Balaban J connectivity index is 2.45. The van der Waals surface area contributed by atoms with Crippen LogP contribution in [-0.4, -0.2) is 11.6 Å². The van der Waals surface area contributed by atoms with Crippen molar-refractivity contribution in [2.75, 3.05) is 0 Å². The molecule has 12 heteroatoms. The van der Waals surface area contributed by atoms with E-state index < -0.39 is 57.0 Å². The molecule has 0 spiro atoms. The smallest absolute Gasteiger partial charge is 0.453 e. The zero-order valence-electron chi connectivity index (χ0n) is 12.5. The number of carbonyl (C=O) groups excluding carboxylic acids is 1. The van der Waals surface area contributed by atoms with Crippen molar-refractivity contribution in [3.05, 3.63) is 52.3 Å². The summed E-state index contributed by atoms with van der Waals surface area (Å²) < 4.78 is 97.4. The Morgan fingerprint density at radius 1 is 0.963 bits per heavy atom. The standard InChI is InChI=1S/C15H5Cl2F7O3/c16-9-4-7(13(17)25)12(5-8(9)14(19,20)21)26-11-2-1-6(3-10(11)18)27-15(22,23)24/h1-5H. The third-order valence-corrected chi connectivity index (χ3v) is 3.46. The lowest BCUT2D eigenvalue weighted by Gasteiger charge is -2.15. The summed E-state index contributed by atoms with van der Waals surface area (Å²) in [7, 11) is 0. The van der Waals surface area contributed by atoms with E-state index in [2.05, 4.69) is 4.74 Å². The molecule has 0 amide bonds. The van der Waals surface area contributed by atoms with Crippen LogP contribution < -0.4 is 9.47 Å². The van der Waals surface area contributed by atoms with Crippen molar-refractivity contribution in [3.63, 3.8) is 0 Å². The van der Waals surface area contributed by atoms with Gasteiger partial charge in [-0.15, -0.1) is 13.2 Å². The summed E-state index contributed by atoms with van der Waals surface area (Å²) in [4.78, 5) is 11.4. The molecule has 0 saturated heterocycles. The third-order valence-electron chi connectivity index (χ3n) is 2.94. The van der Waals surface area contributed by atoms with Crippen LogP contribution in [0, 0.1) is 5.82 Å². The molecule has 0 saturated carbocycles. The van der Waals surface area contributed by atoms with Gasteiger partial charge >= 0.3 is 12.5 Å². The van der Waals surface area contributed by atoms with Gasteiger partial charge in [0.15, 0.2) is 11.6 Å². The molecule has 0 unspecified atom stereocenters. The van der Waals surface area contributed by atoms with E-state index in [1.807, 2.05) is 0 Å². The first-order valence-electron chi connectivity index (χ1n) is 6.61. The fourth-order valence-electron chi connectivity index (χ4n) is 1.89. The molecule has 3 nitrogen and oxygen atoms in total. The third kappa shape index (κ3) is 5.39. The second-order valence-corrected chi connectivity index (χ2v) is 5.59. The highest BCUT2D eigenvalue weighted by molar-refractivity contribution is 6.68. The van der Waals surface area contributed by atoms with Crippen LogP contribution in [0.2, 0.25) is 5.02 Å². The molecular formula is C15H5Cl2F7O3. The molecule has 0 aliphatic rings. The minimum Gasteiger partial charge on any atom is -0.453 e. The summed E-state index contributed by atoms with van der Waals surface area (Å²) in [6, 6.07) is 2.52. The van der Waals surface area contributed by atoms with Crippen molar-refractivity contribution in [3.8, 4) is 17.2 Å². The van der Waals surface area contributed by atoms with E-state index in [0.717, 1.165) is 0 Å². The van der Waals surface area contributed by atoms with E-state index in [1.54, 1.807) is 0 Å². The number of rotatable bonds is 4. The van der Waals surface area contributed by atoms with Gasteiger partial charge in [-0.1, -0.05) is 11.6 Å². The topological polar surface area (TPSA) is 35.5 Å². The first-order chi connectivity index (χ1) is 12.3. The fourth-order valence-corrected chi connectivity index (χ4v) is 2.31. The molecule has 146 valence electrons. The molecule has 0 atom stereocenters. The van der Waals surface area contributed by atoms with Gasteiger partial charge in [0.25, 0.3) is 5.24 Å². The Hall–Kier alpha value is -2.20. The van der Waals surface area contributed by atoms with Gasteiger partial charge in [-0.25, -0.2) is 4.39 Å². The maximum absolute atomic E-state index is 13.9. The maximum Gasteiger partial charge on any atom is 0.573 e. The maximum atomic E-state index is 13.9. The SMILES string of the molecule is O=C(Cl)c1cc(Cl)c(C(F)(F)F)cc1Oc1ccc(OC(F)(F)F)cc1F. The highest BCUT2D eigenvalue weighted by atomic mass is 35.5. The van der Waals surface area contributed by atoms with Gasteiger partial charge in [0, 0.05) is 6.07 Å². The second kappa shape index (κ2) is 7.43. The number of hydrogen-bond acceptors (Lipinski definition) is 3.